The highest BCUT2D eigenvalue weighted by molar-refractivity contribution is 5.75. The molecule has 0 radical (unpaired) electrons. The Labute approximate surface area is 118 Å². The van der Waals surface area contributed by atoms with Crippen molar-refractivity contribution in [2.24, 2.45) is 0 Å². The molecular weight excluding hydrogens is 256 g/mol. The highest BCUT2D eigenvalue weighted by Crippen LogP contribution is 2.18. The van der Waals surface area contributed by atoms with Gasteiger partial charge in [0.15, 0.2) is 0 Å². The van der Waals surface area contributed by atoms with Gasteiger partial charge in [-0.15, -0.1) is 0 Å². The molecule has 2 rings (SSSR count). The minimum absolute atomic E-state index is 0.135. The topological polar surface area (TPSA) is 62.6 Å². The molecular formula is C15H18N2O3. The normalized spacial score (nSPS) is 18.5. The van der Waals surface area contributed by atoms with Gasteiger partial charge in [-0.1, -0.05) is 0 Å². The highest BCUT2D eigenvalue weighted by Gasteiger charge is 2.30. The first-order valence-corrected chi connectivity index (χ1v) is 6.69. The molecule has 1 saturated heterocycles. The van der Waals surface area contributed by atoms with Crippen molar-refractivity contribution >= 4 is 5.97 Å². The van der Waals surface area contributed by atoms with E-state index in [1.807, 2.05) is 0 Å². The Kier molecular flexibility index (Phi) is 4.97. The number of benzene rings is 1. The smallest absolute Gasteiger partial charge is 0.323 e. The van der Waals surface area contributed by atoms with Crippen LogP contribution in [0.25, 0.3) is 0 Å². The van der Waals surface area contributed by atoms with Crippen molar-refractivity contribution in [3.05, 3.63) is 29.8 Å². The average Bonchev–Trinajstić information content (AvgIpc) is 2.95. The number of rotatable bonds is 5. The van der Waals surface area contributed by atoms with Crippen molar-refractivity contribution in [2.45, 2.75) is 18.9 Å². The van der Waals surface area contributed by atoms with Crippen LogP contribution in [0.3, 0.4) is 0 Å². The van der Waals surface area contributed by atoms with Gasteiger partial charge in [0, 0.05) is 6.54 Å². The zero-order valence-corrected chi connectivity index (χ0v) is 11.5. The summed E-state index contributed by atoms with van der Waals surface area (Å²) in [6.07, 6.45) is 1.86. The van der Waals surface area contributed by atoms with Crippen molar-refractivity contribution < 1.29 is 14.3 Å². The molecule has 0 saturated carbocycles. The van der Waals surface area contributed by atoms with Gasteiger partial charge in [-0.3, -0.25) is 9.69 Å². The number of nitrogens with zero attached hydrogens (tertiary/aromatic N) is 2. The number of carbonyl (C=O) groups is 1. The molecule has 1 aromatic rings. The number of carbonyl (C=O) groups excluding carboxylic acids is 1. The summed E-state index contributed by atoms with van der Waals surface area (Å²) in [6.45, 7) is 2.11. The predicted molar refractivity (Wildman–Crippen MR) is 73.3 cm³/mol. The van der Waals surface area contributed by atoms with E-state index in [2.05, 4.69) is 11.0 Å². The maximum atomic E-state index is 11.6. The first kappa shape index (κ1) is 14.4. The fourth-order valence-corrected chi connectivity index (χ4v) is 2.40. The largest absolute Gasteiger partial charge is 0.492 e. The van der Waals surface area contributed by atoms with E-state index < -0.39 is 0 Å². The fourth-order valence-electron chi connectivity index (χ4n) is 2.40. The molecule has 1 aliphatic heterocycles. The maximum Gasteiger partial charge on any atom is 0.323 e. The summed E-state index contributed by atoms with van der Waals surface area (Å²) in [7, 11) is 1.42. The van der Waals surface area contributed by atoms with Gasteiger partial charge in [-0.2, -0.15) is 5.26 Å². The number of ether oxygens (including phenoxy) is 2. The van der Waals surface area contributed by atoms with Crippen molar-refractivity contribution in [1.82, 2.24) is 4.90 Å². The minimum atomic E-state index is -0.166. The Bertz CT molecular complexity index is 493. The first-order chi connectivity index (χ1) is 9.74. The van der Waals surface area contributed by atoms with Gasteiger partial charge < -0.3 is 9.47 Å². The van der Waals surface area contributed by atoms with Crippen molar-refractivity contribution in [3.63, 3.8) is 0 Å². The van der Waals surface area contributed by atoms with Crippen LogP contribution in [0.15, 0.2) is 24.3 Å². The van der Waals surface area contributed by atoms with E-state index in [0.29, 0.717) is 18.7 Å². The molecule has 0 amide bonds. The number of esters is 1. The molecule has 0 spiro atoms. The summed E-state index contributed by atoms with van der Waals surface area (Å²) < 4.78 is 10.4. The molecule has 0 aromatic heterocycles. The number of nitriles is 1. The van der Waals surface area contributed by atoms with Gasteiger partial charge in [0.05, 0.1) is 18.7 Å². The van der Waals surface area contributed by atoms with Crippen LogP contribution >= 0.6 is 0 Å². The monoisotopic (exact) mass is 274 g/mol. The van der Waals surface area contributed by atoms with Crippen LogP contribution in [0.4, 0.5) is 0 Å². The molecule has 1 unspecified atom stereocenters. The lowest BCUT2D eigenvalue weighted by atomic mass is 10.2. The lowest BCUT2D eigenvalue weighted by molar-refractivity contribution is -0.145. The molecule has 20 heavy (non-hydrogen) atoms. The second kappa shape index (κ2) is 6.92. The fraction of sp³-hybridized carbons (Fsp3) is 0.467. The van der Waals surface area contributed by atoms with Crippen LogP contribution in [0.5, 0.6) is 5.75 Å². The van der Waals surface area contributed by atoms with E-state index in [0.717, 1.165) is 25.1 Å². The number of methoxy groups -OCH3 is 1. The lowest BCUT2D eigenvalue weighted by Gasteiger charge is -2.22. The summed E-state index contributed by atoms with van der Waals surface area (Å²) >= 11 is 0. The number of hydrogen-bond acceptors (Lipinski definition) is 5. The Morgan fingerprint density at radius 2 is 2.20 bits per heavy atom. The summed E-state index contributed by atoms with van der Waals surface area (Å²) in [4.78, 5) is 13.7. The lowest BCUT2D eigenvalue weighted by Crippen LogP contribution is -2.39. The van der Waals surface area contributed by atoms with Crippen LogP contribution < -0.4 is 4.74 Å². The van der Waals surface area contributed by atoms with E-state index >= 15 is 0 Å². The Hall–Kier alpha value is -2.06. The second-order valence-electron chi connectivity index (χ2n) is 4.70. The predicted octanol–water partition coefficient (Wildman–Crippen LogP) is 1.57. The molecule has 1 aromatic carbocycles. The van der Waals surface area contributed by atoms with Gasteiger partial charge in [-0.25, -0.2) is 0 Å². The summed E-state index contributed by atoms with van der Waals surface area (Å²) in [6, 6.07) is 8.94. The molecule has 1 heterocycles. The number of likely N-dealkylation sites (tertiary alicyclic amines) is 1. The SMILES string of the molecule is COC(=O)C1CCCN1CCOc1ccc(C#N)cc1. The van der Waals surface area contributed by atoms with Crippen LogP contribution in [0.2, 0.25) is 0 Å². The zero-order chi connectivity index (χ0) is 14.4. The summed E-state index contributed by atoms with van der Waals surface area (Å²) in [5, 5.41) is 8.71. The van der Waals surface area contributed by atoms with Crippen molar-refractivity contribution in [3.8, 4) is 11.8 Å². The molecule has 0 aliphatic carbocycles. The molecule has 1 fully saturated rings. The average molecular weight is 274 g/mol. The van der Waals surface area contributed by atoms with E-state index in [9.17, 15) is 4.79 Å². The first-order valence-electron chi connectivity index (χ1n) is 6.69. The standard InChI is InChI=1S/C15H18N2O3/c1-19-15(18)14-3-2-8-17(14)9-10-20-13-6-4-12(11-16)5-7-13/h4-7,14H,2-3,8-10H2,1H3. The van der Waals surface area contributed by atoms with Crippen molar-refractivity contribution in [1.29, 1.82) is 5.26 Å². The van der Waals surface area contributed by atoms with Crippen molar-refractivity contribution in [2.75, 3.05) is 26.8 Å². The third-order valence-electron chi connectivity index (χ3n) is 3.47. The van der Waals surface area contributed by atoms with Gasteiger partial charge in [0.1, 0.15) is 18.4 Å². The minimum Gasteiger partial charge on any atom is -0.492 e. The molecule has 106 valence electrons. The van der Waals surface area contributed by atoms with Crippen LogP contribution in [0, 0.1) is 11.3 Å². The van der Waals surface area contributed by atoms with Gasteiger partial charge in [0.25, 0.3) is 0 Å². The molecule has 5 nitrogen and oxygen atoms in total. The molecule has 1 aliphatic rings. The Morgan fingerprint density at radius 3 is 2.85 bits per heavy atom. The summed E-state index contributed by atoms with van der Waals surface area (Å²) in [5.41, 5.74) is 0.614. The quantitative estimate of drug-likeness (QED) is 0.763. The van der Waals surface area contributed by atoms with Crippen LogP contribution in [0.1, 0.15) is 18.4 Å². The zero-order valence-electron chi connectivity index (χ0n) is 11.5. The molecule has 5 heteroatoms. The van der Waals surface area contributed by atoms with Crippen LogP contribution in [-0.4, -0.2) is 43.7 Å². The van der Waals surface area contributed by atoms with E-state index in [-0.39, 0.29) is 12.0 Å². The van der Waals surface area contributed by atoms with Gasteiger partial charge in [-0.05, 0) is 43.7 Å². The third kappa shape index (κ3) is 3.49. The van der Waals surface area contributed by atoms with Gasteiger partial charge in [0.2, 0.25) is 0 Å². The highest BCUT2D eigenvalue weighted by atomic mass is 16.5. The van der Waals surface area contributed by atoms with Crippen LogP contribution in [-0.2, 0) is 9.53 Å². The van der Waals surface area contributed by atoms with E-state index in [1.165, 1.54) is 7.11 Å². The summed E-state index contributed by atoms with van der Waals surface area (Å²) in [5.74, 6) is 0.568. The maximum absolute atomic E-state index is 11.6. The van der Waals surface area contributed by atoms with E-state index in [1.54, 1.807) is 24.3 Å². The Balaban J connectivity index is 1.80. The molecule has 0 bridgehead atoms. The molecule has 0 N–H and O–H groups in total. The van der Waals surface area contributed by atoms with Gasteiger partial charge >= 0.3 is 5.97 Å². The molecule has 1 atom stereocenters. The third-order valence-corrected chi connectivity index (χ3v) is 3.47. The number of hydrogen-bond donors (Lipinski definition) is 0. The second-order valence-corrected chi connectivity index (χ2v) is 4.70. The Morgan fingerprint density at radius 1 is 1.45 bits per heavy atom. The van der Waals surface area contributed by atoms with E-state index in [4.69, 9.17) is 14.7 Å².